The lowest BCUT2D eigenvalue weighted by Crippen LogP contribution is -2.28. The SMILES string of the molecule is CS(=O)c1ccc(CNC(=O)Nc2ccc3cnccc3c2)cc1. The molecule has 3 aromatic rings. The van der Waals surface area contributed by atoms with E-state index in [0.29, 0.717) is 6.54 Å². The Kier molecular flexibility index (Phi) is 4.86. The van der Waals surface area contributed by atoms with Crippen molar-refractivity contribution in [3.05, 3.63) is 66.5 Å². The molecule has 0 fully saturated rings. The highest BCUT2D eigenvalue weighted by Gasteiger charge is 2.04. The van der Waals surface area contributed by atoms with Crippen LogP contribution in [-0.2, 0) is 17.3 Å². The van der Waals surface area contributed by atoms with Crippen molar-refractivity contribution in [1.82, 2.24) is 10.3 Å². The van der Waals surface area contributed by atoms with Crippen LogP contribution in [0.2, 0.25) is 0 Å². The predicted octanol–water partition coefficient (Wildman–Crippen LogP) is 3.29. The molecule has 0 spiro atoms. The van der Waals surface area contributed by atoms with Gasteiger partial charge in [0.25, 0.3) is 0 Å². The molecule has 0 radical (unpaired) electrons. The van der Waals surface area contributed by atoms with Crippen molar-refractivity contribution < 1.29 is 9.00 Å². The molecule has 3 rings (SSSR count). The average Bonchev–Trinajstić information content (AvgIpc) is 2.60. The van der Waals surface area contributed by atoms with Crippen LogP contribution in [0.5, 0.6) is 0 Å². The zero-order valence-electron chi connectivity index (χ0n) is 13.2. The number of benzene rings is 2. The molecule has 2 N–H and O–H groups in total. The van der Waals surface area contributed by atoms with Crippen LogP contribution in [0.1, 0.15) is 5.56 Å². The van der Waals surface area contributed by atoms with Crippen molar-refractivity contribution in [3.63, 3.8) is 0 Å². The fourth-order valence-electron chi connectivity index (χ4n) is 2.32. The molecule has 0 bridgehead atoms. The molecule has 5 nitrogen and oxygen atoms in total. The van der Waals surface area contributed by atoms with Crippen molar-refractivity contribution in [1.29, 1.82) is 0 Å². The van der Waals surface area contributed by atoms with Gasteiger partial charge in [-0.15, -0.1) is 0 Å². The van der Waals surface area contributed by atoms with Gasteiger partial charge < -0.3 is 10.6 Å². The number of hydrogen-bond donors (Lipinski definition) is 2. The standard InChI is InChI=1S/C18H17N3O2S/c1-24(23)17-6-2-13(3-7-17)11-20-18(22)21-16-5-4-15-12-19-9-8-14(15)10-16/h2-10,12H,11H2,1H3,(H2,20,21,22). The third-order valence-electron chi connectivity index (χ3n) is 3.61. The summed E-state index contributed by atoms with van der Waals surface area (Å²) in [7, 11) is -0.992. The quantitative estimate of drug-likeness (QED) is 0.766. The Bertz CT molecular complexity index is 894. The Morgan fingerprint density at radius 2 is 1.88 bits per heavy atom. The molecular weight excluding hydrogens is 322 g/mol. The summed E-state index contributed by atoms with van der Waals surface area (Å²) in [5.41, 5.74) is 1.67. The third kappa shape index (κ3) is 3.97. The fraction of sp³-hybridized carbons (Fsp3) is 0.111. The van der Waals surface area contributed by atoms with E-state index in [1.165, 1.54) is 0 Å². The number of rotatable bonds is 4. The van der Waals surface area contributed by atoms with Gasteiger partial charge >= 0.3 is 6.03 Å². The second-order valence-electron chi connectivity index (χ2n) is 5.34. The number of carbonyl (C=O) groups excluding carboxylic acids is 1. The van der Waals surface area contributed by atoms with Crippen LogP contribution in [0.15, 0.2) is 65.8 Å². The highest BCUT2D eigenvalue weighted by molar-refractivity contribution is 7.84. The Morgan fingerprint density at radius 1 is 1.08 bits per heavy atom. The van der Waals surface area contributed by atoms with E-state index in [4.69, 9.17) is 0 Å². The van der Waals surface area contributed by atoms with Crippen molar-refractivity contribution in [2.75, 3.05) is 11.6 Å². The van der Waals surface area contributed by atoms with E-state index in [-0.39, 0.29) is 6.03 Å². The van der Waals surface area contributed by atoms with Gasteiger partial charge in [0.05, 0.1) is 0 Å². The van der Waals surface area contributed by atoms with Crippen molar-refractivity contribution in [2.45, 2.75) is 11.4 Å². The van der Waals surface area contributed by atoms with Crippen LogP contribution >= 0.6 is 0 Å². The number of anilines is 1. The molecule has 1 unspecified atom stereocenters. The lowest BCUT2D eigenvalue weighted by molar-refractivity contribution is 0.251. The number of carbonyl (C=O) groups is 1. The normalized spacial score (nSPS) is 11.9. The molecule has 0 aliphatic carbocycles. The number of hydrogen-bond acceptors (Lipinski definition) is 3. The van der Waals surface area contributed by atoms with E-state index in [1.807, 2.05) is 48.5 Å². The molecule has 1 aromatic heterocycles. The van der Waals surface area contributed by atoms with Gasteiger partial charge in [-0.1, -0.05) is 18.2 Å². The fourth-order valence-corrected chi connectivity index (χ4v) is 2.84. The number of amides is 2. The molecule has 0 saturated heterocycles. The molecule has 2 aromatic carbocycles. The molecule has 0 aliphatic rings. The monoisotopic (exact) mass is 339 g/mol. The Hall–Kier alpha value is -2.73. The number of nitrogens with zero attached hydrogens (tertiary/aromatic N) is 1. The largest absolute Gasteiger partial charge is 0.334 e. The van der Waals surface area contributed by atoms with Gasteiger partial charge in [-0.05, 0) is 41.3 Å². The summed E-state index contributed by atoms with van der Waals surface area (Å²) in [4.78, 5) is 16.9. The van der Waals surface area contributed by atoms with Crippen molar-refractivity contribution in [2.24, 2.45) is 0 Å². The Labute approximate surface area is 142 Å². The number of aromatic nitrogens is 1. The maximum absolute atomic E-state index is 12.0. The summed E-state index contributed by atoms with van der Waals surface area (Å²) in [6, 6.07) is 14.6. The van der Waals surface area contributed by atoms with Gasteiger partial charge in [-0.2, -0.15) is 0 Å². The summed E-state index contributed by atoms with van der Waals surface area (Å²) < 4.78 is 11.3. The van der Waals surface area contributed by atoms with Gasteiger partial charge in [-0.25, -0.2) is 4.79 Å². The van der Waals surface area contributed by atoms with E-state index in [1.54, 1.807) is 18.6 Å². The molecular formula is C18H17N3O2S. The zero-order chi connectivity index (χ0) is 16.9. The zero-order valence-corrected chi connectivity index (χ0v) is 14.0. The highest BCUT2D eigenvalue weighted by Crippen LogP contribution is 2.17. The second-order valence-corrected chi connectivity index (χ2v) is 6.72. The third-order valence-corrected chi connectivity index (χ3v) is 4.54. The van der Waals surface area contributed by atoms with Crippen LogP contribution in [0.3, 0.4) is 0 Å². The van der Waals surface area contributed by atoms with E-state index >= 15 is 0 Å². The van der Waals surface area contributed by atoms with E-state index in [9.17, 15) is 9.00 Å². The van der Waals surface area contributed by atoms with Crippen LogP contribution in [0, 0.1) is 0 Å². The van der Waals surface area contributed by atoms with Gasteiger partial charge in [-0.3, -0.25) is 9.19 Å². The second kappa shape index (κ2) is 7.23. The van der Waals surface area contributed by atoms with E-state index in [0.717, 1.165) is 26.9 Å². The van der Waals surface area contributed by atoms with Crippen LogP contribution < -0.4 is 10.6 Å². The Morgan fingerprint density at radius 3 is 2.62 bits per heavy atom. The van der Waals surface area contributed by atoms with E-state index < -0.39 is 10.8 Å². The number of urea groups is 1. The number of nitrogens with one attached hydrogen (secondary N) is 2. The molecule has 0 saturated carbocycles. The summed E-state index contributed by atoms with van der Waals surface area (Å²) in [6.07, 6.45) is 5.14. The minimum atomic E-state index is -0.992. The van der Waals surface area contributed by atoms with E-state index in [2.05, 4.69) is 15.6 Å². The van der Waals surface area contributed by atoms with Gasteiger partial charge in [0.15, 0.2) is 0 Å². The van der Waals surface area contributed by atoms with Crippen LogP contribution in [0.25, 0.3) is 10.8 Å². The molecule has 2 amide bonds. The molecule has 24 heavy (non-hydrogen) atoms. The lowest BCUT2D eigenvalue weighted by atomic mass is 10.1. The first-order valence-electron chi connectivity index (χ1n) is 7.43. The van der Waals surface area contributed by atoms with Gasteiger partial charge in [0.1, 0.15) is 0 Å². The topological polar surface area (TPSA) is 71.1 Å². The first kappa shape index (κ1) is 16.1. The van der Waals surface area contributed by atoms with Gasteiger partial charge in [0, 0.05) is 52.0 Å². The summed E-state index contributed by atoms with van der Waals surface area (Å²) in [5, 5.41) is 7.67. The predicted molar refractivity (Wildman–Crippen MR) is 96.4 cm³/mol. The smallest absolute Gasteiger partial charge is 0.319 e. The molecule has 6 heteroatoms. The lowest BCUT2D eigenvalue weighted by Gasteiger charge is -2.09. The molecule has 122 valence electrons. The highest BCUT2D eigenvalue weighted by atomic mass is 32.2. The van der Waals surface area contributed by atoms with Crippen LogP contribution in [-0.4, -0.2) is 21.5 Å². The maximum Gasteiger partial charge on any atom is 0.319 e. The first-order valence-corrected chi connectivity index (χ1v) is 8.98. The maximum atomic E-state index is 12.0. The minimum Gasteiger partial charge on any atom is -0.334 e. The van der Waals surface area contributed by atoms with Crippen LogP contribution in [0.4, 0.5) is 10.5 Å². The number of fused-ring (bicyclic) bond motifs is 1. The average molecular weight is 339 g/mol. The summed E-state index contributed by atoms with van der Waals surface area (Å²) >= 11 is 0. The molecule has 1 atom stereocenters. The summed E-state index contributed by atoms with van der Waals surface area (Å²) in [5.74, 6) is 0. The van der Waals surface area contributed by atoms with Crippen molar-refractivity contribution >= 4 is 33.3 Å². The van der Waals surface area contributed by atoms with Crippen molar-refractivity contribution in [3.8, 4) is 0 Å². The number of pyridine rings is 1. The van der Waals surface area contributed by atoms with Gasteiger partial charge in [0.2, 0.25) is 0 Å². The summed E-state index contributed by atoms with van der Waals surface area (Å²) in [6.45, 7) is 0.403. The minimum absolute atomic E-state index is 0.272. The molecule has 1 heterocycles. The molecule has 0 aliphatic heterocycles. The Balaban J connectivity index is 1.59. The first-order chi connectivity index (χ1) is 11.6.